The van der Waals surface area contributed by atoms with E-state index in [0.29, 0.717) is 12.1 Å². The molecular weight excluding hydrogens is 238 g/mol. The van der Waals surface area contributed by atoms with Crippen molar-refractivity contribution in [1.29, 1.82) is 0 Å². The normalized spacial score (nSPS) is 27.1. The first-order valence-corrected chi connectivity index (χ1v) is 8.10. The second kappa shape index (κ2) is 6.88. The van der Waals surface area contributed by atoms with E-state index in [1.54, 1.807) is 0 Å². The van der Waals surface area contributed by atoms with Crippen molar-refractivity contribution in [2.45, 2.75) is 79.3 Å². The van der Waals surface area contributed by atoms with E-state index >= 15 is 0 Å². The topological polar surface area (TPSA) is 3.24 Å². The number of piperidine rings is 1. The van der Waals surface area contributed by atoms with Crippen LogP contribution in [0.2, 0.25) is 0 Å². The van der Waals surface area contributed by atoms with Crippen molar-refractivity contribution in [3.63, 3.8) is 0 Å². The summed E-state index contributed by atoms with van der Waals surface area (Å²) in [7, 11) is 0. The summed E-state index contributed by atoms with van der Waals surface area (Å²) in [5, 5.41) is 0. The number of hydrogen-bond donors (Lipinski definition) is 0. The van der Waals surface area contributed by atoms with E-state index in [2.05, 4.69) is 46.4 Å². The zero-order valence-corrected chi connectivity index (χ0v) is 13.9. The number of likely N-dealkylation sites (tertiary alicyclic amines) is 1. The minimum atomic E-state index is 0.552. The quantitative estimate of drug-likeness (QED) is 0.653. The number of nitrogens with zero attached hydrogens (tertiary/aromatic N) is 1. The summed E-state index contributed by atoms with van der Waals surface area (Å²) in [6, 6.07) is 1.22. The molecule has 0 aromatic carbocycles. The summed E-state index contributed by atoms with van der Waals surface area (Å²) in [4.78, 5) is 3.73. The Bertz CT molecular complexity index is 272. The maximum absolute atomic E-state index is 5.60. The predicted octanol–water partition coefficient (Wildman–Crippen LogP) is 4.90. The maximum Gasteiger partial charge on any atom is 0.0784 e. The van der Waals surface area contributed by atoms with Crippen LogP contribution in [0.15, 0.2) is 0 Å². The monoisotopic (exact) mass is 269 g/mol. The Morgan fingerprint density at radius 2 is 1.83 bits per heavy atom. The number of thiocarbonyl (C=S) groups is 1. The highest BCUT2D eigenvalue weighted by Crippen LogP contribution is 2.36. The van der Waals surface area contributed by atoms with Gasteiger partial charge >= 0.3 is 0 Å². The molecular formula is C16H31NS. The van der Waals surface area contributed by atoms with Gasteiger partial charge in [-0.1, -0.05) is 39.9 Å². The molecule has 0 saturated carbocycles. The van der Waals surface area contributed by atoms with Gasteiger partial charge in [0.1, 0.15) is 0 Å². The van der Waals surface area contributed by atoms with E-state index in [4.69, 9.17) is 12.2 Å². The molecule has 1 aliphatic rings. The van der Waals surface area contributed by atoms with E-state index in [0.717, 1.165) is 24.2 Å². The van der Waals surface area contributed by atoms with E-state index < -0.39 is 0 Å². The molecule has 3 atom stereocenters. The van der Waals surface area contributed by atoms with E-state index in [1.165, 1.54) is 24.3 Å². The van der Waals surface area contributed by atoms with Crippen LogP contribution in [0, 0.1) is 17.8 Å². The van der Waals surface area contributed by atoms with Crippen molar-refractivity contribution in [1.82, 2.24) is 4.90 Å². The molecule has 0 radical (unpaired) electrons. The van der Waals surface area contributed by atoms with Crippen LogP contribution >= 0.6 is 12.2 Å². The van der Waals surface area contributed by atoms with Gasteiger partial charge in [-0.2, -0.15) is 0 Å². The van der Waals surface area contributed by atoms with Gasteiger partial charge in [-0.15, -0.1) is 0 Å². The van der Waals surface area contributed by atoms with Gasteiger partial charge in [-0.3, -0.25) is 0 Å². The Balaban J connectivity index is 2.82. The van der Waals surface area contributed by atoms with Crippen LogP contribution in [0.5, 0.6) is 0 Å². The third-order valence-electron chi connectivity index (χ3n) is 4.38. The van der Waals surface area contributed by atoms with Gasteiger partial charge in [0.05, 0.1) is 4.99 Å². The maximum atomic E-state index is 5.60. The van der Waals surface area contributed by atoms with Gasteiger partial charge < -0.3 is 4.90 Å². The Hall–Kier alpha value is -0.110. The minimum absolute atomic E-state index is 0.552. The first-order valence-electron chi connectivity index (χ1n) is 7.69. The summed E-state index contributed by atoms with van der Waals surface area (Å²) in [5.41, 5.74) is 0. The van der Waals surface area contributed by atoms with E-state index in [-0.39, 0.29) is 0 Å². The van der Waals surface area contributed by atoms with E-state index in [9.17, 15) is 0 Å². The first kappa shape index (κ1) is 15.9. The summed E-state index contributed by atoms with van der Waals surface area (Å²) in [5.74, 6) is 2.45. The van der Waals surface area contributed by atoms with Gasteiger partial charge in [0, 0.05) is 12.1 Å². The molecule has 0 aromatic rings. The summed E-state index contributed by atoms with van der Waals surface area (Å²) >= 11 is 5.60. The van der Waals surface area contributed by atoms with Crippen LogP contribution in [0.25, 0.3) is 0 Å². The molecule has 1 nitrogen and oxygen atoms in total. The molecule has 1 rings (SSSR count). The van der Waals surface area contributed by atoms with Crippen LogP contribution in [-0.4, -0.2) is 22.0 Å². The molecule has 18 heavy (non-hydrogen) atoms. The molecule has 2 heteroatoms. The third kappa shape index (κ3) is 3.69. The lowest BCUT2D eigenvalue weighted by Gasteiger charge is -2.47. The SMILES string of the molecule is CCC1C(C(C)CC(C)C)CCC(=S)N1C(C)C. The fourth-order valence-corrected chi connectivity index (χ4v) is 4.22. The lowest BCUT2D eigenvalue weighted by molar-refractivity contribution is 0.110. The predicted molar refractivity (Wildman–Crippen MR) is 85.0 cm³/mol. The minimum Gasteiger partial charge on any atom is -0.360 e. The molecule has 0 amide bonds. The van der Waals surface area contributed by atoms with Crippen molar-refractivity contribution in [3.8, 4) is 0 Å². The summed E-state index contributed by atoms with van der Waals surface area (Å²) < 4.78 is 0. The zero-order chi connectivity index (χ0) is 13.9. The van der Waals surface area contributed by atoms with Crippen LogP contribution < -0.4 is 0 Å². The molecule has 1 fully saturated rings. The molecule has 1 heterocycles. The number of hydrogen-bond acceptors (Lipinski definition) is 1. The van der Waals surface area contributed by atoms with Crippen molar-refractivity contribution >= 4 is 17.2 Å². The standard InChI is InChI=1S/C16H31NS/c1-7-15-14(13(6)10-11(2)3)8-9-16(18)17(15)12(4)5/h11-15H,7-10H2,1-6H3. The smallest absolute Gasteiger partial charge is 0.0784 e. The molecule has 0 aromatic heterocycles. The highest BCUT2D eigenvalue weighted by molar-refractivity contribution is 7.80. The molecule has 0 spiro atoms. The lowest BCUT2D eigenvalue weighted by Crippen LogP contribution is -2.52. The Morgan fingerprint density at radius 1 is 1.22 bits per heavy atom. The lowest BCUT2D eigenvalue weighted by atomic mass is 9.75. The van der Waals surface area contributed by atoms with Crippen LogP contribution in [0.4, 0.5) is 0 Å². The van der Waals surface area contributed by atoms with Crippen molar-refractivity contribution < 1.29 is 0 Å². The summed E-state index contributed by atoms with van der Waals surface area (Å²) in [6.45, 7) is 14.0. The van der Waals surface area contributed by atoms with Crippen molar-refractivity contribution in [3.05, 3.63) is 0 Å². The van der Waals surface area contributed by atoms with Gasteiger partial charge in [-0.05, 0) is 57.3 Å². The van der Waals surface area contributed by atoms with Crippen LogP contribution in [0.1, 0.15) is 67.2 Å². The van der Waals surface area contributed by atoms with Gasteiger partial charge in [0.2, 0.25) is 0 Å². The fourth-order valence-electron chi connectivity index (χ4n) is 3.76. The molecule has 106 valence electrons. The second-order valence-corrected chi connectivity index (χ2v) is 7.15. The molecule has 1 saturated heterocycles. The largest absolute Gasteiger partial charge is 0.360 e. The fraction of sp³-hybridized carbons (Fsp3) is 0.938. The molecule has 0 bridgehead atoms. The zero-order valence-electron chi connectivity index (χ0n) is 13.1. The van der Waals surface area contributed by atoms with Crippen LogP contribution in [-0.2, 0) is 0 Å². The molecule has 0 N–H and O–H groups in total. The molecule has 3 unspecified atom stereocenters. The Labute approximate surface area is 119 Å². The highest BCUT2D eigenvalue weighted by atomic mass is 32.1. The molecule has 0 aliphatic carbocycles. The average Bonchev–Trinajstić information content (AvgIpc) is 2.26. The Morgan fingerprint density at radius 3 is 2.28 bits per heavy atom. The highest BCUT2D eigenvalue weighted by Gasteiger charge is 2.36. The van der Waals surface area contributed by atoms with Crippen molar-refractivity contribution in [2.75, 3.05) is 0 Å². The van der Waals surface area contributed by atoms with Crippen LogP contribution in [0.3, 0.4) is 0 Å². The average molecular weight is 269 g/mol. The first-order chi connectivity index (χ1) is 8.38. The summed E-state index contributed by atoms with van der Waals surface area (Å²) in [6.07, 6.45) is 5.00. The Kier molecular flexibility index (Phi) is 6.10. The third-order valence-corrected chi connectivity index (χ3v) is 4.79. The number of rotatable bonds is 5. The van der Waals surface area contributed by atoms with Gasteiger partial charge in [0.15, 0.2) is 0 Å². The van der Waals surface area contributed by atoms with Gasteiger partial charge in [-0.25, -0.2) is 0 Å². The van der Waals surface area contributed by atoms with Crippen molar-refractivity contribution in [2.24, 2.45) is 17.8 Å². The van der Waals surface area contributed by atoms with E-state index in [1.807, 2.05) is 0 Å². The van der Waals surface area contributed by atoms with Gasteiger partial charge in [0.25, 0.3) is 0 Å². The second-order valence-electron chi connectivity index (χ2n) is 6.68. The molecule has 1 aliphatic heterocycles.